The van der Waals surface area contributed by atoms with Gasteiger partial charge < -0.3 is 24.8 Å². The van der Waals surface area contributed by atoms with Crippen molar-refractivity contribution >= 4 is 17.6 Å². The maximum atomic E-state index is 6.26. The molecule has 0 heterocycles. The lowest BCUT2D eigenvalue weighted by Gasteiger charge is -2.15. The Labute approximate surface area is 143 Å². The minimum atomic E-state index is 0.530. The molecule has 0 unspecified atom stereocenters. The Balaban J connectivity index is 2.64. The summed E-state index contributed by atoms with van der Waals surface area (Å²) in [6.45, 7) is 7.01. The zero-order valence-electron chi connectivity index (χ0n) is 14.2. The lowest BCUT2D eigenvalue weighted by molar-refractivity contribution is 0.152. The molecule has 0 aliphatic heterocycles. The summed E-state index contributed by atoms with van der Waals surface area (Å²) in [4.78, 5) is 4.16. The summed E-state index contributed by atoms with van der Waals surface area (Å²) in [5, 5.41) is 6.93. The van der Waals surface area contributed by atoms with E-state index in [2.05, 4.69) is 15.6 Å². The average Bonchev–Trinajstić information content (AvgIpc) is 2.56. The molecule has 0 amide bonds. The summed E-state index contributed by atoms with van der Waals surface area (Å²) in [7, 11) is 3.32. The van der Waals surface area contributed by atoms with Crippen molar-refractivity contribution in [2.24, 2.45) is 4.99 Å². The van der Waals surface area contributed by atoms with Crippen LogP contribution in [-0.2, 0) is 11.3 Å². The van der Waals surface area contributed by atoms with Gasteiger partial charge in [0.15, 0.2) is 17.5 Å². The molecule has 0 saturated heterocycles. The predicted molar refractivity (Wildman–Crippen MR) is 93.9 cm³/mol. The van der Waals surface area contributed by atoms with Crippen LogP contribution in [0.1, 0.15) is 19.4 Å². The Kier molecular flexibility index (Phi) is 9.24. The van der Waals surface area contributed by atoms with Crippen LogP contribution in [0.15, 0.2) is 17.1 Å². The predicted octanol–water partition coefficient (Wildman–Crippen LogP) is 2.45. The van der Waals surface area contributed by atoms with Crippen LogP contribution in [0.5, 0.6) is 11.5 Å². The second kappa shape index (κ2) is 11.0. The van der Waals surface area contributed by atoms with E-state index in [-0.39, 0.29) is 0 Å². The molecule has 0 radical (unpaired) electrons. The smallest absolute Gasteiger partial charge is 0.191 e. The number of guanidine groups is 1. The minimum absolute atomic E-state index is 0.530. The number of nitrogens with one attached hydrogen (secondary N) is 2. The number of aliphatic imine (C=N–C) groups is 1. The largest absolute Gasteiger partial charge is 0.493 e. The number of nitrogens with zero attached hydrogens (tertiary/aromatic N) is 1. The van der Waals surface area contributed by atoms with Crippen LogP contribution in [0.4, 0.5) is 0 Å². The topological polar surface area (TPSA) is 64.1 Å². The molecule has 7 heteroatoms. The normalized spacial score (nSPS) is 11.3. The molecule has 0 aliphatic rings. The minimum Gasteiger partial charge on any atom is -0.493 e. The van der Waals surface area contributed by atoms with E-state index in [9.17, 15) is 0 Å². The lowest BCUT2D eigenvalue weighted by Crippen LogP contribution is -2.38. The highest BCUT2D eigenvalue weighted by molar-refractivity contribution is 6.32. The van der Waals surface area contributed by atoms with Gasteiger partial charge in [0.25, 0.3) is 0 Å². The first kappa shape index (κ1) is 19.4. The number of hydrogen-bond donors (Lipinski definition) is 2. The molecule has 130 valence electrons. The highest BCUT2D eigenvalue weighted by Crippen LogP contribution is 2.36. The van der Waals surface area contributed by atoms with Gasteiger partial charge in [-0.25, -0.2) is 0 Å². The number of benzene rings is 1. The Bertz CT molecular complexity index is 510. The molecule has 2 N–H and O–H groups in total. The van der Waals surface area contributed by atoms with E-state index in [1.807, 2.05) is 26.0 Å². The van der Waals surface area contributed by atoms with E-state index >= 15 is 0 Å². The summed E-state index contributed by atoms with van der Waals surface area (Å²) in [5.74, 6) is 1.89. The molecular formula is C16H26ClN3O3. The Morgan fingerprint density at radius 3 is 2.61 bits per heavy atom. The van der Waals surface area contributed by atoms with Gasteiger partial charge in [0.1, 0.15) is 0 Å². The van der Waals surface area contributed by atoms with E-state index < -0.39 is 0 Å². The first-order valence-electron chi connectivity index (χ1n) is 7.67. The van der Waals surface area contributed by atoms with Crippen molar-refractivity contribution in [2.45, 2.75) is 20.4 Å². The highest BCUT2D eigenvalue weighted by atomic mass is 35.5. The monoisotopic (exact) mass is 343 g/mol. The molecule has 1 aromatic carbocycles. The Morgan fingerprint density at radius 1 is 1.22 bits per heavy atom. The van der Waals surface area contributed by atoms with Crippen molar-refractivity contribution in [3.8, 4) is 11.5 Å². The maximum absolute atomic E-state index is 6.26. The van der Waals surface area contributed by atoms with Crippen molar-refractivity contribution < 1.29 is 14.2 Å². The van der Waals surface area contributed by atoms with E-state index in [4.69, 9.17) is 25.8 Å². The molecule has 0 atom stereocenters. The van der Waals surface area contributed by atoms with Crippen LogP contribution in [-0.4, -0.2) is 46.5 Å². The molecular weight excluding hydrogens is 318 g/mol. The quantitative estimate of drug-likeness (QED) is 0.409. The molecule has 0 aliphatic carbocycles. The van der Waals surface area contributed by atoms with Gasteiger partial charge in [-0.05, 0) is 31.5 Å². The van der Waals surface area contributed by atoms with E-state index in [0.29, 0.717) is 55.4 Å². The SMILES string of the molecule is CCOCCNC(=NC)NCc1cc(Cl)c(OCC)c(OC)c1. The second-order valence-electron chi connectivity index (χ2n) is 4.59. The van der Waals surface area contributed by atoms with Crippen molar-refractivity contribution in [3.05, 3.63) is 22.7 Å². The number of hydrogen-bond acceptors (Lipinski definition) is 4. The van der Waals surface area contributed by atoms with Crippen LogP contribution in [0.25, 0.3) is 0 Å². The second-order valence-corrected chi connectivity index (χ2v) is 5.00. The fourth-order valence-electron chi connectivity index (χ4n) is 1.95. The summed E-state index contributed by atoms with van der Waals surface area (Å²) in [6.07, 6.45) is 0. The summed E-state index contributed by atoms with van der Waals surface area (Å²) in [5.41, 5.74) is 0.975. The molecule has 1 aromatic rings. The van der Waals surface area contributed by atoms with Gasteiger partial charge in [-0.3, -0.25) is 4.99 Å². The summed E-state index contributed by atoms with van der Waals surface area (Å²) in [6, 6.07) is 3.76. The lowest BCUT2D eigenvalue weighted by atomic mass is 10.2. The number of halogens is 1. The summed E-state index contributed by atoms with van der Waals surface area (Å²) >= 11 is 6.26. The molecule has 0 aromatic heterocycles. The number of methoxy groups -OCH3 is 1. The van der Waals surface area contributed by atoms with Crippen molar-refractivity contribution in [3.63, 3.8) is 0 Å². The van der Waals surface area contributed by atoms with E-state index in [0.717, 1.165) is 5.56 Å². The Hall–Kier alpha value is -1.66. The van der Waals surface area contributed by atoms with Gasteiger partial charge in [0.2, 0.25) is 0 Å². The third-order valence-electron chi connectivity index (χ3n) is 3.00. The van der Waals surface area contributed by atoms with Gasteiger partial charge in [-0.2, -0.15) is 0 Å². The molecule has 6 nitrogen and oxygen atoms in total. The van der Waals surface area contributed by atoms with E-state index in [1.54, 1.807) is 14.2 Å². The fraction of sp³-hybridized carbons (Fsp3) is 0.562. The van der Waals surface area contributed by atoms with Crippen molar-refractivity contribution in [1.82, 2.24) is 10.6 Å². The number of rotatable bonds is 9. The zero-order chi connectivity index (χ0) is 17.1. The molecule has 0 fully saturated rings. The molecule has 23 heavy (non-hydrogen) atoms. The third kappa shape index (κ3) is 6.54. The zero-order valence-corrected chi connectivity index (χ0v) is 15.0. The Morgan fingerprint density at radius 2 is 2.00 bits per heavy atom. The van der Waals surface area contributed by atoms with E-state index in [1.165, 1.54) is 0 Å². The van der Waals surface area contributed by atoms with Crippen molar-refractivity contribution in [1.29, 1.82) is 0 Å². The highest BCUT2D eigenvalue weighted by Gasteiger charge is 2.11. The summed E-state index contributed by atoms with van der Waals surface area (Å²) < 4.78 is 16.1. The number of ether oxygens (including phenoxy) is 3. The first-order chi connectivity index (χ1) is 11.2. The van der Waals surface area contributed by atoms with Crippen LogP contribution in [0.3, 0.4) is 0 Å². The van der Waals surface area contributed by atoms with Gasteiger partial charge in [0.05, 0.1) is 25.3 Å². The van der Waals surface area contributed by atoms with Gasteiger partial charge in [0, 0.05) is 26.7 Å². The van der Waals surface area contributed by atoms with Crippen LogP contribution in [0, 0.1) is 0 Å². The van der Waals surface area contributed by atoms with Gasteiger partial charge >= 0.3 is 0 Å². The molecule has 0 saturated carbocycles. The fourth-order valence-corrected chi connectivity index (χ4v) is 2.24. The maximum Gasteiger partial charge on any atom is 0.191 e. The third-order valence-corrected chi connectivity index (χ3v) is 3.29. The molecule has 0 bridgehead atoms. The molecule has 0 spiro atoms. The van der Waals surface area contributed by atoms with Gasteiger partial charge in [-0.1, -0.05) is 11.6 Å². The average molecular weight is 344 g/mol. The molecule has 1 rings (SSSR count). The first-order valence-corrected chi connectivity index (χ1v) is 8.05. The van der Waals surface area contributed by atoms with Gasteiger partial charge in [-0.15, -0.1) is 0 Å². The van der Waals surface area contributed by atoms with Crippen LogP contribution >= 0.6 is 11.6 Å². The van der Waals surface area contributed by atoms with Crippen molar-refractivity contribution in [2.75, 3.05) is 40.5 Å². The van der Waals surface area contributed by atoms with Crippen LogP contribution < -0.4 is 20.1 Å². The standard InChI is InChI=1S/C16H26ClN3O3/c1-5-22-8-7-19-16(18-3)20-11-12-9-13(17)15(23-6-2)14(10-12)21-4/h9-10H,5-8,11H2,1-4H3,(H2,18,19,20). The van der Waals surface area contributed by atoms with Crippen LogP contribution in [0.2, 0.25) is 5.02 Å².